The van der Waals surface area contributed by atoms with E-state index in [4.69, 9.17) is 21.0 Å². The third kappa shape index (κ3) is 1020. The second-order valence-corrected chi connectivity index (χ2v) is 1.10. The molecule has 0 saturated carbocycles. The minimum atomic E-state index is 0. The highest BCUT2D eigenvalue weighted by molar-refractivity contribution is 7.64. The lowest BCUT2D eigenvalue weighted by molar-refractivity contribution is 1.57. The highest BCUT2D eigenvalue weighted by Gasteiger charge is 0.875. The molecule has 0 aliphatic rings. The van der Waals surface area contributed by atoms with Crippen molar-refractivity contribution in [1.29, 1.82) is 21.0 Å². The summed E-state index contributed by atoms with van der Waals surface area (Å²) in [5.41, 5.74) is 0. The molecule has 0 heterocycles. The Morgan fingerprint density at radius 3 is 0.538 bits per heavy atom. The van der Waals surface area contributed by atoms with Crippen molar-refractivity contribution in [2.75, 3.05) is 0 Å². The highest BCUT2D eigenvalue weighted by Crippen LogP contribution is 1.17. The van der Waals surface area contributed by atoms with Gasteiger partial charge in [0, 0.05) is 11.0 Å². The standard InChI is InChI=1S/4CHNS.Si/c4*2-1-3;/h4*3H;/p-4. The molecule has 0 bridgehead atoms. The van der Waals surface area contributed by atoms with Gasteiger partial charge in [-0.1, -0.05) is 21.6 Å². The lowest BCUT2D eigenvalue weighted by Gasteiger charge is -1.53. The maximum absolute atomic E-state index is 7.13. The van der Waals surface area contributed by atoms with Gasteiger partial charge in [0.25, 0.3) is 0 Å². The fraction of sp³-hybridized carbons (Fsp3) is 0. The van der Waals surface area contributed by atoms with Gasteiger partial charge in [0.2, 0.25) is 0 Å². The number of thiocyanates is 4. The van der Waals surface area contributed by atoms with E-state index >= 15 is 0 Å². The van der Waals surface area contributed by atoms with Crippen LogP contribution in [0, 0.1) is 42.7 Å². The summed E-state index contributed by atoms with van der Waals surface area (Å²) in [4.78, 5) is 0. The highest BCUT2D eigenvalue weighted by atomic mass is 32.1. The Kier molecular flexibility index (Phi) is 272. The summed E-state index contributed by atoms with van der Waals surface area (Å²) >= 11 is 14.8. The molecular formula is C4N4S4Si-4. The first kappa shape index (κ1) is 29.6. The third-order valence-corrected chi connectivity index (χ3v) is 0. The van der Waals surface area contributed by atoms with Gasteiger partial charge in [-0.25, -0.2) is 21.0 Å². The number of nitriles is 4. The third-order valence-electron chi connectivity index (χ3n) is 0. The molecule has 0 fully saturated rings. The van der Waals surface area contributed by atoms with Crippen LogP contribution in [0.1, 0.15) is 0 Å². The Hall–Kier alpha value is -0.943. The molecule has 0 spiro atoms. The van der Waals surface area contributed by atoms with Gasteiger partial charge in [-0.2, -0.15) is 0 Å². The minimum Gasteiger partial charge on any atom is -0.696 e. The summed E-state index contributed by atoms with van der Waals surface area (Å²) < 4.78 is 0. The van der Waals surface area contributed by atoms with Crippen molar-refractivity contribution in [3.63, 3.8) is 0 Å². The zero-order valence-electron chi connectivity index (χ0n) is 5.92. The second kappa shape index (κ2) is 120. The molecule has 0 aliphatic carbocycles. The van der Waals surface area contributed by atoms with Crippen LogP contribution in [0.15, 0.2) is 0 Å². The van der Waals surface area contributed by atoms with Crippen molar-refractivity contribution in [2.24, 2.45) is 0 Å². The molecule has 4 radical (unpaired) electrons. The lowest BCUT2D eigenvalue weighted by atomic mass is 11.8. The molecule has 0 aliphatic heterocycles. The van der Waals surface area contributed by atoms with Crippen LogP contribution in [0.5, 0.6) is 0 Å². The Bertz CT molecular complexity index is 158. The zero-order chi connectivity index (χ0) is 10.8. The van der Waals surface area contributed by atoms with E-state index in [1.165, 1.54) is 21.6 Å². The van der Waals surface area contributed by atoms with Crippen LogP contribution in [-0.2, 0) is 50.5 Å². The number of hydrogen-bond acceptors (Lipinski definition) is 8. The molecule has 13 heavy (non-hydrogen) atoms. The fourth-order valence-electron chi connectivity index (χ4n) is 0. The monoisotopic (exact) mass is 260 g/mol. The average Bonchev–Trinajstić information content (AvgIpc) is 1.92. The molecule has 0 aromatic rings. The first-order chi connectivity index (χ1) is 5.66. The van der Waals surface area contributed by atoms with Crippen molar-refractivity contribution >= 4 is 61.5 Å². The van der Waals surface area contributed by atoms with Gasteiger partial charge in [0.15, 0.2) is 0 Å². The lowest BCUT2D eigenvalue weighted by Crippen LogP contribution is -1.15. The van der Waals surface area contributed by atoms with E-state index in [1.807, 2.05) is 0 Å². The molecule has 0 aromatic carbocycles. The molecule has 0 saturated heterocycles. The van der Waals surface area contributed by atoms with E-state index in [-0.39, 0.29) is 11.0 Å². The number of nitrogens with zero attached hydrogens (tertiary/aromatic N) is 4. The average molecular weight is 260 g/mol. The summed E-state index contributed by atoms with van der Waals surface area (Å²) in [5, 5.41) is 33.9. The molecule has 0 rings (SSSR count). The van der Waals surface area contributed by atoms with E-state index in [2.05, 4.69) is 50.5 Å². The second-order valence-electron chi connectivity index (χ2n) is 0.365. The maximum Gasteiger partial charge on any atom is 0 e. The van der Waals surface area contributed by atoms with Gasteiger partial charge < -0.3 is 50.5 Å². The molecule has 0 N–H and O–H groups in total. The van der Waals surface area contributed by atoms with Crippen molar-refractivity contribution in [3.05, 3.63) is 0 Å². The summed E-state index contributed by atoms with van der Waals surface area (Å²) in [6, 6.07) is 0. The molecule has 9 heteroatoms. The Morgan fingerprint density at radius 2 is 0.538 bits per heavy atom. The van der Waals surface area contributed by atoms with Gasteiger partial charge in [0.1, 0.15) is 0 Å². The van der Waals surface area contributed by atoms with E-state index in [9.17, 15) is 0 Å². The molecule has 0 aromatic heterocycles. The van der Waals surface area contributed by atoms with Gasteiger partial charge in [-0.3, -0.25) is 0 Å². The molecular weight excluding hydrogens is 260 g/mol. The predicted molar refractivity (Wildman–Crippen MR) is 57.7 cm³/mol. The van der Waals surface area contributed by atoms with Crippen molar-refractivity contribution in [2.45, 2.75) is 0 Å². The van der Waals surface area contributed by atoms with Crippen LogP contribution in [0.3, 0.4) is 0 Å². The Labute approximate surface area is 104 Å². The smallest absolute Gasteiger partial charge is 0 e. The largest absolute Gasteiger partial charge is 0.696 e. The molecule has 0 amide bonds. The fourth-order valence-corrected chi connectivity index (χ4v) is 0. The van der Waals surface area contributed by atoms with E-state index in [0.717, 1.165) is 0 Å². The van der Waals surface area contributed by atoms with E-state index < -0.39 is 0 Å². The van der Waals surface area contributed by atoms with Gasteiger partial charge in [-0.05, 0) is 0 Å². The number of rotatable bonds is 0. The van der Waals surface area contributed by atoms with Crippen LogP contribution in [-0.4, -0.2) is 11.0 Å². The summed E-state index contributed by atoms with van der Waals surface area (Å²) in [7, 11) is 0. The van der Waals surface area contributed by atoms with Gasteiger partial charge >= 0.3 is 0 Å². The van der Waals surface area contributed by atoms with Crippen LogP contribution in [0.4, 0.5) is 0 Å². The summed E-state index contributed by atoms with van der Waals surface area (Å²) in [5.74, 6) is 0. The summed E-state index contributed by atoms with van der Waals surface area (Å²) in [6.45, 7) is 0. The topological polar surface area (TPSA) is 95.2 Å². The first-order valence-electron chi connectivity index (χ1n) is 1.71. The van der Waals surface area contributed by atoms with Crippen molar-refractivity contribution in [1.82, 2.24) is 0 Å². The normalized spacial score (nSPS) is 2.15. The maximum atomic E-state index is 7.13. The Morgan fingerprint density at radius 1 is 0.538 bits per heavy atom. The SMILES string of the molecule is N#C[S-].N#C[S-].N#C[S-].N#C[S-].[Si]. The van der Waals surface area contributed by atoms with Gasteiger partial charge in [-0.15, -0.1) is 0 Å². The molecule has 0 atom stereocenters. The van der Waals surface area contributed by atoms with E-state index in [1.54, 1.807) is 0 Å². The Balaban J connectivity index is -0.0000000213. The molecule has 68 valence electrons. The van der Waals surface area contributed by atoms with E-state index in [0.29, 0.717) is 0 Å². The van der Waals surface area contributed by atoms with Crippen molar-refractivity contribution in [3.8, 4) is 21.6 Å². The van der Waals surface area contributed by atoms with Crippen LogP contribution >= 0.6 is 0 Å². The quantitative estimate of drug-likeness (QED) is 0.332. The number of hydrogen-bond donors (Lipinski definition) is 0. The predicted octanol–water partition coefficient (Wildman–Crippen LogP) is -0.323. The zero-order valence-corrected chi connectivity index (χ0v) is 10.2. The minimum absolute atomic E-state index is 0. The first-order valence-corrected chi connectivity index (χ1v) is 3.34. The molecule has 0 unspecified atom stereocenters. The van der Waals surface area contributed by atoms with Crippen LogP contribution in [0.2, 0.25) is 0 Å². The van der Waals surface area contributed by atoms with Gasteiger partial charge in [0.05, 0.1) is 0 Å². The van der Waals surface area contributed by atoms with Crippen LogP contribution < -0.4 is 0 Å². The summed E-state index contributed by atoms with van der Waals surface area (Å²) in [6.07, 6.45) is 0. The van der Waals surface area contributed by atoms with Crippen LogP contribution in [0.25, 0.3) is 0 Å². The van der Waals surface area contributed by atoms with Crippen molar-refractivity contribution < 1.29 is 0 Å². The molecule has 4 nitrogen and oxygen atoms in total.